The summed E-state index contributed by atoms with van der Waals surface area (Å²) < 4.78 is 0. The Hall–Kier alpha value is -2.29. The monoisotopic (exact) mass is 362 g/mol. The van der Waals surface area contributed by atoms with E-state index < -0.39 is 0 Å². The Morgan fingerprint density at radius 1 is 0.889 bits per heavy atom. The van der Waals surface area contributed by atoms with Crippen molar-refractivity contribution < 1.29 is 4.79 Å². The fourth-order valence-corrected chi connectivity index (χ4v) is 4.36. The van der Waals surface area contributed by atoms with Crippen LogP contribution in [0.5, 0.6) is 0 Å². The molecular weight excluding hydrogens is 332 g/mol. The number of rotatable bonds is 4. The lowest BCUT2D eigenvalue weighted by molar-refractivity contribution is 0.0939. The van der Waals surface area contributed by atoms with Crippen molar-refractivity contribution in [2.45, 2.75) is 57.9 Å². The summed E-state index contributed by atoms with van der Waals surface area (Å²) in [6, 6.07) is 14.9. The highest BCUT2D eigenvalue weighted by molar-refractivity contribution is 5.94. The Balaban J connectivity index is 1.40. The standard InChI is InChI=1S/C24H30N2O/c1-18(19-11-13-23(14-12-19)26-15-5-2-6-16-26)25-24(27)22-10-9-20-7-3-4-8-21(20)17-22/h9-14,17-18H,2-8,15-16H2,1H3,(H,25,27)/t18-/m0/s1. The molecule has 1 aliphatic heterocycles. The smallest absolute Gasteiger partial charge is 0.251 e. The van der Waals surface area contributed by atoms with Crippen LogP contribution < -0.4 is 10.2 Å². The van der Waals surface area contributed by atoms with Crippen molar-refractivity contribution in [3.05, 3.63) is 64.7 Å². The predicted octanol–water partition coefficient (Wildman–Crippen LogP) is 5.05. The highest BCUT2D eigenvalue weighted by Crippen LogP contribution is 2.24. The van der Waals surface area contributed by atoms with Crippen LogP contribution in [-0.2, 0) is 12.8 Å². The van der Waals surface area contributed by atoms with Gasteiger partial charge in [-0.25, -0.2) is 0 Å². The molecule has 0 aromatic heterocycles. The van der Waals surface area contributed by atoms with Crippen molar-refractivity contribution >= 4 is 11.6 Å². The summed E-state index contributed by atoms with van der Waals surface area (Å²) in [5, 5.41) is 3.17. The molecule has 1 fully saturated rings. The zero-order chi connectivity index (χ0) is 18.6. The van der Waals surface area contributed by atoms with Crippen molar-refractivity contribution in [1.82, 2.24) is 5.32 Å². The summed E-state index contributed by atoms with van der Waals surface area (Å²) in [5.41, 5.74) is 6.01. The maximum atomic E-state index is 12.7. The molecule has 0 radical (unpaired) electrons. The van der Waals surface area contributed by atoms with Gasteiger partial charge in [-0.3, -0.25) is 4.79 Å². The molecule has 2 aliphatic rings. The van der Waals surface area contributed by atoms with E-state index in [0.29, 0.717) is 0 Å². The van der Waals surface area contributed by atoms with E-state index in [1.165, 1.54) is 48.9 Å². The van der Waals surface area contributed by atoms with Crippen molar-refractivity contribution in [1.29, 1.82) is 0 Å². The average molecular weight is 363 g/mol. The second kappa shape index (κ2) is 8.16. The molecule has 1 heterocycles. The number of piperidine rings is 1. The number of benzene rings is 2. The Morgan fingerprint density at radius 3 is 2.33 bits per heavy atom. The van der Waals surface area contributed by atoms with Gasteiger partial charge in [0, 0.05) is 24.3 Å². The summed E-state index contributed by atoms with van der Waals surface area (Å²) in [4.78, 5) is 15.2. The van der Waals surface area contributed by atoms with Crippen LogP contribution in [0.2, 0.25) is 0 Å². The predicted molar refractivity (Wildman–Crippen MR) is 111 cm³/mol. The summed E-state index contributed by atoms with van der Waals surface area (Å²) in [5.74, 6) is 0.0241. The molecule has 1 N–H and O–H groups in total. The Labute approximate surface area is 162 Å². The number of hydrogen-bond acceptors (Lipinski definition) is 2. The van der Waals surface area contributed by atoms with Crippen LogP contribution in [0, 0.1) is 0 Å². The fourth-order valence-electron chi connectivity index (χ4n) is 4.36. The van der Waals surface area contributed by atoms with E-state index in [2.05, 4.69) is 53.5 Å². The minimum Gasteiger partial charge on any atom is -0.372 e. The molecule has 1 amide bonds. The van der Waals surface area contributed by atoms with Crippen LogP contribution in [0.1, 0.15) is 72.1 Å². The van der Waals surface area contributed by atoms with Gasteiger partial charge in [-0.15, -0.1) is 0 Å². The van der Waals surface area contributed by atoms with Gasteiger partial charge in [-0.05, 0) is 92.8 Å². The number of anilines is 1. The van der Waals surface area contributed by atoms with Crippen molar-refractivity contribution in [3.8, 4) is 0 Å². The number of nitrogens with zero attached hydrogens (tertiary/aromatic N) is 1. The van der Waals surface area contributed by atoms with Gasteiger partial charge in [0.25, 0.3) is 5.91 Å². The molecule has 3 heteroatoms. The molecule has 0 bridgehead atoms. The average Bonchev–Trinajstić information content (AvgIpc) is 2.74. The first-order valence-electron chi connectivity index (χ1n) is 10.5. The Bertz CT molecular complexity index is 791. The zero-order valence-electron chi connectivity index (χ0n) is 16.3. The molecule has 27 heavy (non-hydrogen) atoms. The van der Waals surface area contributed by atoms with Crippen LogP contribution in [0.3, 0.4) is 0 Å². The highest BCUT2D eigenvalue weighted by atomic mass is 16.1. The topological polar surface area (TPSA) is 32.3 Å². The van der Waals surface area contributed by atoms with E-state index in [1.807, 2.05) is 6.07 Å². The molecule has 1 atom stereocenters. The van der Waals surface area contributed by atoms with Crippen molar-refractivity contribution in [3.63, 3.8) is 0 Å². The number of amides is 1. The molecule has 4 rings (SSSR count). The molecule has 142 valence electrons. The van der Waals surface area contributed by atoms with E-state index in [0.717, 1.165) is 37.1 Å². The van der Waals surface area contributed by atoms with Gasteiger partial charge < -0.3 is 10.2 Å². The first-order chi connectivity index (χ1) is 13.2. The molecule has 0 unspecified atom stereocenters. The number of fused-ring (bicyclic) bond motifs is 1. The van der Waals surface area contributed by atoms with E-state index >= 15 is 0 Å². The SMILES string of the molecule is C[C@H](NC(=O)c1ccc2c(c1)CCCC2)c1ccc(N2CCCCC2)cc1. The third kappa shape index (κ3) is 4.18. The summed E-state index contributed by atoms with van der Waals surface area (Å²) in [6.45, 7) is 4.38. The Morgan fingerprint density at radius 2 is 1.59 bits per heavy atom. The maximum absolute atomic E-state index is 12.7. The zero-order valence-corrected chi connectivity index (χ0v) is 16.3. The summed E-state index contributed by atoms with van der Waals surface area (Å²) >= 11 is 0. The number of carbonyl (C=O) groups is 1. The summed E-state index contributed by atoms with van der Waals surface area (Å²) in [6.07, 6.45) is 8.67. The van der Waals surface area contributed by atoms with Gasteiger partial charge in [0.2, 0.25) is 0 Å². The van der Waals surface area contributed by atoms with Gasteiger partial charge in [0.15, 0.2) is 0 Å². The molecule has 0 saturated carbocycles. The van der Waals surface area contributed by atoms with E-state index in [1.54, 1.807) is 0 Å². The normalized spacial score (nSPS) is 17.9. The quantitative estimate of drug-likeness (QED) is 0.826. The van der Waals surface area contributed by atoms with Gasteiger partial charge in [0.05, 0.1) is 6.04 Å². The molecule has 3 nitrogen and oxygen atoms in total. The molecular formula is C24H30N2O. The summed E-state index contributed by atoms with van der Waals surface area (Å²) in [7, 11) is 0. The third-order valence-electron chi connectivity index (χ3n) is 6.07. The lowest BCUT2D eigenvalue weighted by Crippen LogP contribution is -2.29. The van der Waals surface area contributed by atoms with E-state index in [4.69, 9.17) is 0 Å². The largest absolute Gasteiger partial charge is 0.372 e. The maximum Gasteiger partial charge on any atom is 0.251 e. The van der Waals surface area contributed by atoms with E-state index in [9.17, 15) is 4.79 Å². The molecule has 2 aromatic rings. The highest BCUT2D eigenvalue weighted by Gasteiger charge is 2.16. The number of nitrogens with one attached hydrogen (secondary N) is 1. The molecule has 1 saturated heterocycles. The molecule has 2 aromatic carbocycles. The minimum absolute atomic E-state index is 0.00365. The third-order valence-corrected chi connectivity index (χ3v) is 6.07. The lowest BCUT2D eigenvalue weighted by Gasteiger charge is -2.29. The van der Waals surface area contributed by atoms with Gasteiger partial charge >= 0.3 is 0 Å². The van der Waals surface area contributed by atoms with Crippen molar-refractivity contribution in [2.24, 2.45) is 0 Å². The van der Waals surface area contributed by atoms with Crippen LogP contribution in [0.25, 0.3) is 0 Å². The van der Waals surface area contributed by atoms with Crippen LogP contribution >= 0.6 is 0 Å². The van der Waals surface area contributed by atoms with Crippen LogP contribution in [0.15, 0.2) is 42.5 Å². The second-order valence-corrected chi connectivity index (χ2v) is 8.02. The number of carbonyl (C=O) groups excluding carboxylic acids is 1. The van der Waals surface area contributed by atoms with Crippen LogP contribution in [-0.4, -0.2) is 19.0 Å². The first-order valence-corrected chi connectivity index (χ1v) is 10.5. The number of hydrogen-bond donors (Lipinski definition) is 1. The Kier molecular flexibility index (Phi) is 5.47. The van der Waals surface area contributed by atoms with Gasteiger partial charge in [0.1, 0.15) is 0 Å². The van der Waals surface area contributed by atoms with Gasteiger partial charge in [-0.2, -0.15) is 0 Å². The molecule has 1 aliphatic carbocycles. The number of aryl methyl sites for hydroxylation is 2. The molecule has 0 spiro atoms. The second-order valence-electron chi connectivity index (χ2n) is 8.02. The lowest BCUT2D eigenvalue weighted by atomic mass is 9.90. The minimum atomic E-state index is 0.00365. The van der Waals surface area contributed by atoms with E-state index in [-0.39, 0.29) is 11.9 Å². The fraction of sp³-hybridized carbons (Fsp3) is 0.458. The first kappa shape index (κ1) is 18.1. The van der Waals surface area contributed by atoms with Crippen molar-refractivity contribution in [2.75, 3.05) is 18.0 Å². The van der Waals surface area contributed by atoms with Crippen LogP contribution in [0.4, 0.5) is 5.69 Å². The van der Waals surface area contributed by atoms with Gasteiger partial charge in [-0.1, -0.05) is 18.2 Å².